The summed E-state index contributed by atoms with van der Waals surface area (Å²) in [7, 11) is -3.77. The van der Waals surface area contributed by atoms with Crippen LogP contribution in [0, 0.1) is 0 Å². The molecule has 0 fully saturated rings. The van der Waals surface area contributed by atoms with Crippen molar-refractivity contribution < 1.29 is 19.4 Å². The van der Waals surface area contributed by atoms with Crippen molar-refractivity contribution in [3.8, 4) is 0 Å². The minimum absolute atomic E-state index is 0. The number of hydrogen-bond donors (Lipinski definition) is 2. The number of carbonyl (C=O) groups excluding carboxylic acids is 1. The van der Waals surface area contributed by atoms with Crippen LogP contribution in [-0.2, 0) is 9.36 Å². The van der Waals surface area contributed by atoms with Crippen molar-refractivity contribution in [2.45, 2.75) is 6.42 Å². The zero-order valence-corrected chi connectivity index (χ0v) is 10.3. The standard InChI is InChI=1S/C9H11O4P.2H3N/c10-9(11)6-7-14(12,13)8-4-2-1-3-5-8;;/h1-5H,6-7H2,(H,10,11)(H,12,13);2*1H3. The minimum Gasteiger partial charge on any atom is -0.796 e. The van der Waals surface area contributed by atoms with Crippen LogP contribution in [0.5, 0.6) is 0 Å². The van der Waals surface area contributed by atoms with Crippen molar-refractivity contribution >= 4 is 18.6 Å². The summed E-state index contributed by atoms with van der Waals surface area (Å²) in [5.74, 6) is -1.35. The van der Waals surface area contributed by atoms with Crippen molar-refractivity contribution in [2.24, 2.45) is 0 Å². The van der Waals surface area contributed by atoms with Gasteiger partial charge >= 0.3 is 0 Å². The zero-order valence-electron chi connectivity index (χ0n) is 9.38. The maximum atomic E-state index is 11.5. The summed E-state index contributed by atoms with van der Waals surface area (Å²) in [5.41, 5.74) is 0. The monoisotopic (exact) mass is 248 g/mol. The molecule has 0 radical (unpaired) electrons. The smallest absolute Gasteiger partial charge is 0.0437 e. The molecule has 7 heteroatoms. The van der Waals surface area contributed by atoms with Crippen LogP contribution in [0.1, 0.15) is 6.42 Å². The van der Waals surface area contributed by atoms with Gasteiger partial charge in [-0.25, -0.2) is 0 Å². The van der Waals surface area contributed by atoms with E-state index in [0.717, 1.165) is 0 Å². The second-order valence-electron chi connectivity index (χ2n) is 2.85. The molecular weight excluding hydrogens is 231 g/mol. The fourth-order valence-electron chi connectivity index (χ4n) is 1.02. The van der Waals surface area contributed by atoms with Gasteiger partial charge in [0, 0.05) is 13.3 Å². The quantitative estimate of drug-likeness (QED) is 0.710. The van der Waals surface area contributed by atoms with E-state index in [1.54, 1.807) is 18.2 Å². The SMILES string of the molecule is O=C([O-])CCP(=O)([O-])c1ccccc1.[NH4+].[NH4+]. The molecule has 0 bridgehead atoms. The van der Waals surface area contributed by atoms with Gasteiger partial charge in [-0.1, -0.05) is 30.3 Å². The van der Waals surface area contributed by atoms with Crippen LogP contribution in [-0.4, -0.2) is 12.1 Å². The predicted octanol–water partition coefficient (Wildman–Crippen LogP) is -0.157. The Labute approximate surface area is 93.9 Å². The van der Waals surface area contributed by atoms with Gasteiger partial charge in [0.1, 0.15) is 0 Å². The Balaban J connectivity index is 0. The highest BCUT2D eigenvalue weighted by atomic mass is 31.2. The molecule has 16 heavy (non-hydrogen) atoms. The van der Waals surface area contributed by atoms with Gasteiger partial charge in [-0.15, -0.1) is 0 Å². The number of carboxylic acids is 1. The van der Waals surface area contributed by atoms with E-state index in [-0.39, 0.29) is 23.8 Å². The number of aliphatic carboxylic acids is 1. The maximum absolute atomic E-state index is 11.5. The van der Waals surface area contributed by atoms with Crippen LogP contribution in [0.2, 0.25) is 0 Å². The van der Waals surface area contributed by atoms with Crippen molar-refractivity contribution in [1.82, 2.24) is 12.3 Å². The molecule has 0 aliphatic rings. The van der Waals surface area contributed by atoms with E-state index in [9.17, 15) is 19.4 Å². The molecule has 1 aromatic rings. The molecule has 1 unspecified atom stereocenters. The van der Waals surface area contributed by atoms with Crippen molar-refractivity contribution in [2.75, 3.05) is 6.16 Å². The molecule has 0 saturated carbocycles. The Morgan fingerprint density at radius 1 is 1.19 bits per heavy atom. The summed E-state index contributed by atoms with van der Waals surface area (Å²) in [6.45, 7) is 0. The van der Waals surface area contributed by atoms with E-state index in [1.165, 1.54) is 12.1 Å². The lowest BCUT2D eigenvalue weighted by atomic mass is 10.4. The summed E-state index contributed by atoms with van der Waals surface area (Å²) in [6.07, 6.45) is -0.852. The van der Waals surface area contributed by atoms with E-state index in [0.29, 0.717) is 0 Å². The molecule has 0 amide bonds. The van der Waals surface area contributed by atoms with Gasteiger partial charge in [0.2, 0.25) is 0 Å². The van der Waals surface area contributed by atoms with Gasteiger partial charge in [0.05, 0.1) is 0 Å². The molecule has 0 aliphatic heterocycles. The molecule has 1 aromatic carbocycles. The highest BCUT2D eigenvalue weighted by Gasteiger charge is 2.09. The van der Waals surface area contributed by atoms with Crippen LogP contribution in [0.3, 0.4) is 0 Å². The lowest BCUT2D eigenvalue weighted by Gasteiger charge is -2.23. The number of hydrogen-bond acceptors (Lipinski definition) is 4. The molecule has 0 aromatic heterocycles. The normalized spacial score (nSPS) is 12.8. The molecule has 92 valence electrons. The second-order valence-corrected chi connectivity index (χ2v) is 5.17. The molecule has 0 aliphatic carbocycles. The fraction of sp³-hybridized carbons (Fsp3) is 0.222. The molecule has 0 saturated heterocycles. The number of benzene rings is 1. The van der Waals surface area contributed by atoms with Crippen molar-refractivity contribution in [3.63, 3.8) is 0 Å². The number of carboxylic acid groups (broad SMARTS) is 1. The molecular formula is C9H17N2O4P. The summed E-state index contributed by atoms with van der Waals surface area (Å²) in [6, 6.07) is 7.78. The molecule has 1 atom stereocenters. The first-order valence-corrected chi connectivity index (χ1v) is 5.89. The highest BCUT2D eigenvalue weighted by molar-refractivity contribution is 7.64. The average Bonchev–Trinajstić information content (AvgIpc) is 2.16. The Kier molecular flexibility index (Phi) is 7.67. The van der Waals surface area contributed by atoms with Crippen LogP contribution >= 0.6 is 7.37 Å². The largest absolute Gasteiger partial charge is 0.796 e. The molecule has 1 rings (SSSR count). The maximum Gasteiger partial charge on any atom is 0.0437 e. The van der Waals surface area contributed by atoms with E-state index >= 15 is 0 Å². The lowest BCUT2D eigenvalue weighted by molar-refractivity contribution is -0.305. The molecule has 0 heterocycles. The Bertz CT molecular complexity index is 369. The van der Waals surface area contributed by atoms with Crippen molar-refractivity contribution in [3.05, 3.63) is 30.3 Å². The van der Waals surface area contributed by atoms with E-state index in [2.05, 4.69) is 0 Å². The minimum atomic E-state index is -3.77. The van der Waals surface area contributed by atoms with Crippen LogP contribution in [0.4, 0.5) is 0 Å². The van der Waals surface area contributed by atoms with Crippen LogP contribution in [0.25, 0.3) is 0 Å². The predicted molar refractivity (Wildman–Crippen MR) is 60.1 cm³/mol. The summed E-state index contributed by atoms with van der Waals surface area (Å²) in [4.78, 5) is 21.6. The van der Waals surface area contributed by atoms with E-state index < -0.39 is 19.8 Å². The topological polar surface area (TPSA) is 153 Å². The Morgan fingerprint density at radius 3 is 2.12 bits per heavy atom. The van der Waals surface area contributed by atoms with E-state index in [1.807, 2.05) is 0 Å². The summed E-state index contributed by atoms with van der Waals surface area (Å²) < 4.78 is 11.5. The van der Waals surface area contributed by atoms with Crippen molar-refractivity contribution in [1.29, 1.82) is 0 Å². The third-order valence-corrected chi connectivity index (χ3v) is 3.66. The summed E-state index contributed by atoms with van der Waals surface area (Å²) in [5, 5.41) is 10.3. The Morgan fingerprint density at radius 2 is 1.69 bits per heavy atom. The zero-order chi connectivity index (χ0) is 10.6. The first-order chi connectivity index (χ1) is 6.52. The number of rotatable bonds is 4. The molecule has 8 N–H and O–H groups in total. The van der Waals surface area contributed by atoms with Gasteiger partial charge in [0.15, 0.2) is 0 Å². The number of quaternary nitrogens is 2. The highest BCUT2D eigenvalue weighted by Crippen LogP contribution is 2.34. The average molecular weight is 248 g/mol. The Hall–Kier alpha value is -1.20. The lowest BCUT2D eigenvalue weighted by Crippen LogP contribution is -2.26. The van der Waals surface area contributed by atoms with E-state index in [4.69, 9.17) is 0 Å². The van der Waals surface area contributed by atoms with Crippen LogP contribution in [0.15, 0.2) is 30.3 Å². The van der Waals surface area contributed by atoms with Gasteiger partial charge in [-0.2, -0.15) is 0 Å². The van der Waals surface area contributed by atoms with Gasteiger partial charge in [-0.3, -0.25) is 0 Å². The molecule has 6 nitrogen and oxygen atoms in total. The second kappa shape index (κ2) is 7.14. The summed E-state index contributed by atoms with van der Waals surface area (Å²) >= 11 is 0. The van der Waals surface area contributed by atoms with Gasteiger partial charge in [0.25, 0.3) is 0 Å². The third kappa shape index (κ3) is 5.04. The van der Waals surface area contributed by atoms with Gasteiger partial charge in [-0.05, 0) is 17.9 Å². The fourth-order valence-corrected chi connectivity index (χ4v) is 2.38. The molecule has 0 spiro atoms. The number of carbonyl (C=O) groups is 1. The first kappa shape index (κ1) is 17.2. The first-order valence-electron chi connectivity index (χ1n) is 4.08. The van der Waals surface area contributed by atoms with Gasteiger partial charge < -0.3 is 31.7 Å². The third-order valence-electron chi connectivity index (χ3n) is 1.76. The van der Waals surface area contributed by atoms with Crippen LogP contribution < -0.4 is 27.6 Å².